The number of rotatable bonds is 0. The lowest BCUT2D eigenvalue weighted by molar-refractivity contribution is -0.382. The van der Waals surface area contributed by atoms with Crippen molar-refractivity contribution in [3.8, 4) is 0 Å². The van der Waals surface area contributed by atoms with Crippen LogP contribution in [0.3, 0.4) is 0 Å². The minimum absolute atomic E-state index is 0.0207. The maximum Gasteiger partial charge on any atom is 0.342 e. The molecule has 0 aromatic carbocycles. The number of Topliss-reactive ketones (excluding diaryl/α,β-unsaturated/α-hetero) is 1. The van der Waals surface area contributed by atoms with Crippen LogP contribution in [0.4, 0.5) is 0 Å². The normalized spacial score (nSPS) is 62.0. The molecule has 3 N–H and O–H groups in total. The predicted octanol–water partition coefficient (Wildman–Crippen LogP) is -0.277. The first-order valence-electron chi connectivity index (χ1n) is 13.8. The fourth-order valence-corrected chi connectivity index (χ4v) is 10.6. The van der Waals surface area contributed by atoms with Crippen molar-refractivity contribution >= 4 is 23.5 Å². The monoisotopic (exact) mass is 544 g/mol. The van der Waals surface area contributed by atoms with Crippen molar-refractivity contribution in [3.05, 3.63) is 12.2 Å². The number of carbonyl (C=O) groups is 4. The SMILES string of the molecule is C[C@@]12C[C@H]3OC(=O)[C@@H]1CO[C@@]14O[C@]5([C@H]2C1=O)C(O)(CC[C@H]1[C@H]4C[C@@H](O)[C@@]2(O)CC=CC(=O)[C@]12C)C(=O)O[C@@]35C. The van der Waals surface area contributed by atoms with E-state index in [1.807, 2.05) is 0 Å². The van der Waals surface area contributed by atoms with Crippen molar-refractivity contribution < 1.29 is 53.4 Å². The second-order valence-corrected chi connectivity index (χ2v) is 13.8. The Balaban J connectivity index is 1.43. The van der Waals surface area contributed by atoms with Crippen LogP contribution in [0.5, 0.6) is 0 Å². The smallest absolute Gasteiger partial charge is 0.342 e. The van der Waals surface area contributed by atoms with Crippen LogP contribution in [-0.2, 0) is 38.1 Å². The van der Waals surface area contributed by atoms with Gasteiger partial charge in [-0.1, -0.05) is 13.0 Å². The third kappa shape index (κ3) is 2.10. The van der Waals surface area contributed by atoms with Crippen LogP contribution in [-0.4, -0.2) is 85.8 Å². The summed E-state index contributed by atoms with van der Waals surface area (Å²) in [4.78, 5) is 55.5. The van der Waals surface area contributed by atoms with Gasteiger partial charge in [-0.2, -0.15) is 0 Å². The molecule has 0 radical (unpaired) electrons. The van der Waals surface area contributed by atoms with Crippen molar-refractivity contribution in [2.75, 3.05) is 6.61 Å². The predicted molar refractivity (Wildman–Crippen MR) is 125 cm³/mol. The number of carbonyl (C=O) groups excluding carboxylic acids is 4. The minimum atomic E-state index is -2.32. The first-order valence-corrected chi connectivity index (χ1v) is 13.8. The maximum absolute atomic E-state index is 14.9. The van der Waals surface area contributed by atoms with Gasteiger partial charge in [0, 0.05) is 5.92 Å². The number of esters is 2. The second kappa shape index (κ2) is 6.49. The van der Waals surface area contributed by atoms with Crippen LogP contribution in [0.1, 0.15) is 52.9 Å². The molecule has 5 saturated heterocycles. The Morgan fingerprint density at radius 2 is 1.79 bits per heavy atom. The van der Waals surface area contributed by atoms with Gasteiger partial charge < -0.3 is 34.3 Å². The van der Waals surface area contributed by atoms with Gasteiger partial charge in [0.1, 0.15) is 11.7 Å². The Morgan fingerprint density at radius 3 is 2.54 bits per heavy atom. The standard InChI is InChI=1S/C28H32O11/c1-22-10-17-24(3)28-18(22)19(31)27(39-28,36-11-14(22)20(32)37-17)13-9-16(30)25(34)7-4-5-15(29)23(25,2)12(13)6-8-26(28,35)21(33)38-24/h4-5,12-14,16-18,30,34-35H,6-11H2,1-3H3/t12-,13+,14-,16+,17+,18-,22+,23-,24-,25-,26?,27-,28-/m0/s1. The first-order chi connectivity index (χ1) is 18.2. The van der Waals surface area contributed by atoms with Crippen LogP contribution in [0.25, 0.3) is 0 Å². The third-order valence-corrected chi connectivity index (χ3v) is 12.7. The average Bonchev–Trinajstić information content (AvgIpc) is 3.19. The van der Waals surface area contributed by atoms with Crippen molar-refractivity contribution in [2.45, 2.75) is 93.3 Å². The molecule has 8 aliphatic rings. The number of allylic oxidation sites excluding steroid dienone is 1. The molecule has 1 unspecified atom stereocenters. The highest BCUT2D eigenvalue weighted by Crippen LogP contribution is 2.75. The molecule has 2 saturated carbocycles. The van der Waals surface area contributed by atoms with Gasteiger partial charge in [0.25, 0.3) is 0 Å². The number of aliphatic hydroxyl groups excluding tert-OH is 1. The average molecular weight is 545 g/mol. The minimum Gasteiger partial charge on any atom is -0.458 e. The zero-order valence-corrected chi connectivity index (χ0v) is 22.0. The van der Waals surface area contributed by atoms with Gasteiger partial charge in [0.2, 0.25) is 5.79 Å². The Labute approximate surface area is 223 Å². The first kappa shape index (κ1) is 24.6. The lowest BCUT2D eigenvalue weighted by Crippen LogP contribution is -2.79. The van der Waals surface area contributed by atoms with E-state index >= 15 is 0 Å². The summed E-state index contributed by atoms with van der Waals surface area (Å²) in [5.41, 5.74) is -10.4. The van der Waals surface area contributed by atoms with E-state index < -0.39 is 98.4 Å². The van der Waals surface area contributed by atoms with Crippen molar-refractivity contribution in [1.82, 2.24) is 0 Å². The lowest BCUT2D eigenvalue weighted by Gasteiger charge is -2.64. The summed E-state index contributed by atoms with van der Waals surface area (Å²) in [6, 6.07) is 0. The molecule has 39 heavy (non-hydrogen) atoms. The van der Waals surface area contributed by atoms with E-state index in [0.717, 1.165) is 0 Å². The van der Waals surface area contributed by atoms with E-state index in [2.05, 4.69) is 0 Å². The molecule has 7 fully saturated rings. The van der Waals surface area contributed by atoms with E-state index in [9.17, 15) is 34.5 Å². The fraction of sp³-hybridized carbons (Fsp3) is 0.786. The molecule has 5 aliphatic heterocycles. The van der Waals surface area contributed by atoms with Gasteiger partial charge in [-0.15, -0.1) is 0 Å². The highest BCUT2D eigenvalue weighted by molar-refractivity contribution is 6.00. The summed E-state index contributed by atoms with van der Waals surface area (Å²) in [5, 5.41) is 35.6. The summed E-state index contributed by atoms with van der Waals surface area (Å²) in [5.74, 6) is -8.35. The summed E-state index contributed by atoms with van der Waals surface area (Å²) in [6.45, 7) is 4.69. The third-order valence-electron chi connectivity index (χ3n) is 12.7. The van der Waals surface area contributed by atoms with Gasteiger partial charge in [-0.05, 0) is 63.4 Å². The van der Waals surface area contributed by atoms with E-state index in [1.54, 1.807) is 20.8 Å². The van der Waals surface area contributed by atoms with E-state index in [0.29, 0.717) is 0 Å². The van der Waals surface area contributed by atoms with Gasteiger partial charge >= 0.3 is 11.9 Å². The van der Waals surface area contributed by atoms with E-state index in [-0.39, 0.29) is 38.7 Å². The number of ether oxygens (including phenoxy) is 4. The molecule has 11 nitrogen and oxygen atoms in total. The fourth-order valence-electron chi connectivity index (χ4n) is 10.6. The summed E-state index contributed by atoms with van der Waals surface area (Å²) < 4.78 is 24.9. The Hall–Kier alpha value is -2.18. The molecule has 5 heterocycles. The zero-order chi connectivity index (χ0) is 27.8. The van der Waals surface area contributed by atoms with Gasteiger partial charge in [-0.3, -0.25) is 14.4 Å². The van der Waals surface area contributed by atoms with Crippen molar-refractivity contribution in [3.63, 3.8) is 0 Å². The lowest BCUT2D eigenvalue weighted by atomic mass is 9.46. The Morgan fingerprint density at radius 1 is 1.05 bits per heavy atom. The molecule has 13 atom stereocenters. The van der Waals surface area contributed by atoms with Crippen molar-refractivity contribution in [2.24, 2.45) is 34.5 Å². The molecule has 210 valence electrons. The van der Waals surface area contributed by atoms with E-state index in [1.165, 1.54) is 12.2 Å². The molecule has 0 amide bonds. The highest BCUT2D eigenvalue weighted by atomic mass is 16.8. The molecule has 0 aromatic rings. The number of aliphatic hydroxyl groups is 3. The maximum atomic E-state index is 14.9. The summed E-state index contributed by atoms with van der Waals surface area (Å²) in [6.07, 6.45) is 0.491. The van der Waals surface area contributed by atoms with Crippen LogP contribution < -0.4 is 0 Å². The number of ketones is 2. The molecule has 8 rings (SSSR count). The molecule has 0 aromatic heterocycles. The molecule has 2 spiro atoms. The topological polar surface area (TPSA) is 166 Å². The number of hydrogen-bond acceptors (Lipinski definition) is 11. The largest absolute Gasteiger partial charge is 0.458 e. The molecular formula is C28H32O11. The van der Waals surface area contributed by atoms with Gasteiger partial charge in [0.05, 0.1) is 30.0 Å². The second-order valence-electron chi connectivity index (χ2n) is 13.8. The van der Waals surface area contributed by atoms with Crippen LogP contribution in [0, 0.1) is 34.5 Å². The summed E-state index contributed by atoms with van der Waals surface area (Å²) >= 11 is 0. The molecule has 5 bridgehead atoms. The van der Waals surface area contributed by atoms with Crippen molar-refractivity contribution in [1.29, 1.82) is 0 Å². The molecule has 3 aliphatic carbocycles. The number of hydrogen-bond donors (Lipinski definition) is 3. The summed E-state index contributed by atoms with van der Waals surface area (Å²) in [7, 11) is 0. The van der Waals surface area contributed by atoms with Crippen LogP contribution >= 0.6 is 0 Å². The molecule has 11 heteroatoms. The Kier molecular flexibility index (Phi) is 4.09. The highest BCUT2D eigenvalue weighted by Gasteiger charge is 2.93. The zero-order valence-electron chi connectivity index (χ0n) is 22.0. The van der Waals surface area contributed by atoms with Crippen LogP contribution in [0.15, 0.2) is 12.2 Å². The Bertz CT molecular complexity index is 1330. The quantitative estimate of drug-likeness (QED) is 0.344. The van der Waals surface area contributed by atoms with E-state index in [4.69, 9.17) is 18.9 Å². The van der Waals surface area contributed by atoms with Gasteiger partial charge in [0.15, 0.2) is 28.4 Å². The molecular weight excluding hydrogens is 512 g/mol. The van der Waals surface area contributed by atoms with Gasteiger partial charge in [-0.25, -0.2) is 4.79 Å². The number of fused-ring (bicyclic) bond motifs is 5. The van der Waals surface area contributed by atoms with Crippen LogP contribution in [0.2, 0.25) is 0 Å².